The third-order valence-corrected chi connectivity index (χ3v) is 4.44. The topological polar surface area (TPSA) is 81.3 Å². The average molecular weight is 350 g/mol. The van der Waals surface area contributed by atoms with E-state index in [2.05, 4.69) is 9.97 Å². The van der Waals surface area contributed by atoms with Crippen LogP contribution in [0.15, 0.2) is 36.4 Å². The zero-order chi connectivity index (χ0) is 18.8. The van der Waals surface area contributed by atoms with Gasteiger partial charge in [0.05, 0.1) is 18.3 Å². The van der Waals surface area contributed by atoms with Crippen LogP contribution in [-0.4, -0.2) is 30.0 Å². The Labute approximate surface area is 152 Å². The van der Waals surface area contributed by atoms with Gasteiger partial charge >= 0.3 is 0 Å². The highest BCUT2D eigenvalue weighted by atomic mass is 16.5. The van der Waals surface area contributed by atoms with Crippen LogP contribution < -0.4 is 15.4 Å². The van der Waals surface area contributed by atoms with Gasteiger partial charge in [0.1, 0.15) is 11.6 Å². The minimum absolute atomic E-state index is 0.0389. The first-order valence-corrected chi connectivity index (χ1v) is 8.34. The lowest BCUT2D eigenvalue weighted by Crippen LogP contribution is -2.22. The number of ether oxygens (including phenoxy) is 1. The Hall–Kier alpha value is -2.99. The highest BCUT2D eigenvalue weighted by Crippen LogP contribution is 2.33. The molecular formula is C20H22N4O2. The van der Waals surface area contributed by atoms with E-state index >= 15 is 0 Å². The van der Waals surface area contributed by atoms with Crippen molar-refractivity contribution in [3.63, 3.8) is 0 Å². The van der Waals surface area contributed by atoms with Crippen molar-refractivity contribution in [1.29, 1.82) is 0 Å². The highest BCUT2D eigenvalue weighted by Gasteiger charge is 2.15. The van der Waals surface area contributed by atoms with Gasteiger partial charge in [0.15, 0.2) is 0 Å². The molecule has 2 aromatic carbocycles. The number of benzene rings is 2. The molecule has 0 unspecified atom stereocenters. The van der Waals surface area contributed by atoms with Gasteiger partial charge in [-0.3, -0.25) is 4.79 Å². The molecule has 0 fully saturated rings. The second-order valence-electron chi connectivity index (χ2n) is 6.13. The molecule has 6 nitrogen and oxygen atoms in total. The summed E-state index contributed by atoms with van der Waals surface area (Å²) in [5.74, 6) is 1.37. The number of hydrogen-bond acceptors (Lipinski definition) is 5. The molecule has 134 valence electrons. The van der Waals surface area contributed by atoms with Gasteiger partial charge in [-0.25, -0.2) is 9.97 Å². The largest absolute Gasteiger partial charge is 0.497 e. The predicted octanol–water partition coefficient (Wildman–Crippen LogP) is 3.06. The Kier molecular flexibility index (Phi) is 4.86. The molecule has 0 saturated heterocycles. The Bertz CT molecular complexity index is 985. The molecule has 1 aromatic heterocycles. The van der Waals surface area contributed by atoms with Crippen LogP contribution in [0, 0.1) is 6.92 Å². The van der Waals surface area contributed by atoms with Crippen molar-refractivity contribution in [2.24, 2.45) is 5.73 Å². The Morgan fingerprint density at radius 1 is 1.19 bits per heavy atom. The van der Waals surface area contributed by atoms with Gasteiger partial charge < -0.3 is 15.4 Å². The molecule has 1 heterocycles. The molecule has 0 radical (unpaired) electrons. The van der Waals surface area contributed by atoms with Crippen molar-refractivity contribution in [3.05, 3.63) is 47.8 Å². The lowest BCUT2D eigenvalue weighted by Gasteiger charge is -2.17. The minimum Gasteiger partial charge on any atom is -0.497 e. The molecule has 1 amide bonds. The zero-order valence-corrected chi connectivity index (χ0v) is 15.4. The summed E-state index contributed by atoms with van der Waals surface area (Å²) in [7, 11) is 3.37. The number of carbonyl (C=O) groups is 1. The average Bonchev–Trinajstić information content (AvgIpc) is 2.65. The van der Waals surface area contributed by atoms with E-state index in [1.807, 2.05) is 43.3 Å². The predicted molar refractivity (Wildman–Crippen MR) is 103 cm³/mol. The molecule has 6 heteroatoms. The van der Waals surface area contributed by atoms with Crippen LogP contribution in [0.25, 0.3) is 22.2 Å². The van der Waals surface area contributed by atoms with Crippen molar-refractivity contribution in [3.8, 4) is 17.0 Å². The third kappa shape index (κ3) is 3.23. The van der Waals surface area contributed by atoms with Crippen LogP contribution >= 0.6 is 0 Å². The molecule has 0 aliphatic rings. The number of methoxy groups -OCH3 is 1. The number of rotatable bonds is 4. The molecule has 0 bridgehead atoms. The lowest BCUT2D eigenvalue weighted by molar-refractivity contribution is -0.116. The SMILES string of the molecule is COc1ccc(CN)c(-c2nc(C)nc3ccc(N(C)C(C)=O)cc23)c1. The van der Waals surface area contributed by atoms with E-state index in [0.717, 1.165) is 39.2 Å². The maximum atomic E-state index is 11.7. The quantitative estimate of drug-likeness (QED) is 0.782. The standard InChI is InChI=1S/C20H22N4O2/c1-12-22-19-8-6-15(24(3)13(2)25)9-18(19)20(23-12)17-10-16(26-4)7-5-14(17)11-21/h5-10H,11,21H2,1-4H3. The maximum Gasteiger partial charge on any atom is 0.223 e. The first kappa shape index (κ1) is 17.8. The second kappa shape index (κ2) is 7.09. The second-order valence-corrected chi connectivity index (χ2v) is 6.13. The van der Waals surface area contributed by atoms with Crippen molar-refractivity contribution >= 4 is 22.5 Å². The van der Waals surface area contributed by atoms with E-state index in [-0.39, 0.29) is 5.91 Å². The molecule has 2 N–H and O–H groups in total. The minimum atomic E-state index is -0.0389. The van der Waals surface area contributed by atoms with Crippen LogP contribution in [0.5, 0.6) is 5.75 Å². The number of hydrogen-bond donors (Lipinski definition) is 1. The Morgan fingerprint density at radius 3 is 2.62 bits per heavy atom. The van der Waals surface area contributed by atoms with Crippen LogP contribution in [0.4, 0.5) is 5.69 Å². The molecule has 3 aromatic rings. The van der Waals surface area contributed by atoms with E-state index in [1.54, 1.807) is 19.1 Å². The van der Waals surface area contributed by atoms with Gasteiger partial charge in [0.2, 0.25) is 5.91 Å². The van der Waals surface area contributed by atoms with Crippen LogP contribution in [0.2, 0.25) is 0 Å². The van der Waals surface area contributed by atoms with Gasteiger partial charge in [0.25, 0.3) is 0 Å². The smallest absolute Gasteiger partial charge is 0.223 e. The zero-order valence-electron chi connectivity index (χ0n) is 15.4. The van der Waals surface area contributed by atoms with Crippen molar-refractivity contribution < 1.29 is 9.53 Å². The van der Waals surface area contributed by atoms with Gasteiger partial charge in [-0.1, -0.05) is 6.07 Å². The van der Waals surface area contributed by atoms with Crippen LogP contribution in [0.1, 0.15) is 18.3 Å². The fourth-order valence-electron chi connectivity index (χ4n) is 2.91. The molecule has 0 aliphatic carbocycles. The van der Waals surface area contributed by atoms with Gasteiger partial charge in [-0.05, 0) is 42.8 Å². The number of amides is 1. The lowest BCUT2D eigenvalue weighted by atomic mass is 10.00. The normalized spacial score (nSPS) is 10.8. The maximum absolute atomic E-state index is 11.7. The molecule has 0 saturated carbocycles. The first-order chi connectivity index (χ1) is 12.4. The summed E-state index contributed by atoms with van der Waals surface area (Å²) in [6, 6.07) is 11.5. The summed E-state index contributed by atoms with van der Waals surface area (Å²) in [6.07, 6.45) is 0. The number of fused-ring (bicyclic) bond motifs is 1. The van der Waals surface area contributed by atoms with Crippen LogP contribution in [-0.2, 0) is 11.3 Å². The van der Waals surface area contributed by atoms with E-state index in [0.29, 0.717) is 12.4 Å². The third-order valence-electron chi connectivity index (χ3n) is 4.44. The van der Waals surface area contributed by atoms with E-state index < -0.39 is 0 Å². The summed E-state index contributed by atoms with van der Waals surface area (Å²) < 4.78 is 5.37. The Balaban J connectivity index is 2.31. The summed E-state index contributed by atoms with van der Waals surface area (Å²) in [5, 5.41) is 0.865. The van der Waals surface area contributed by atoms with Crippen molar-refractivity contribution in [2.75, 3.05) is 19.1 Å². The summed E-state index contributed by atoms with van der Waals surface area (Å²) in [4.78, 5) is 22.5. The Morgan fingerprint density at radius 2 is 1.96 bits per heavy atom. The van der Waals surface area contributed by atoms with Crippen molar-refractivity contribution in [1.82, 2.24) is 9.97 Å². The number of aromatic nitrogens is 2. The van der Waals surface area contributed by atoms with Gasteiger partial charge in [-0.15, -0.1) is 0 Å². The fraction of sp³-hybridized carbons (Fsp3) is 0.250. The number of aryl methyl sites for hydroxylation is 1. The highest BCUT2D eigenvalue weighted by molar-refractivity contribution is 5.98. The number of nitrogens with zero attached hydrogens (tertiary/aromatic N) is 3. The molecule has 0 aliphatic heterocycles. The number of nitrogens with two attached hydrogens (primary N) is 1. The first-order valence-electron chi connectivity index (χ1n) is 8.34. The van der Waals surface area contributed by atoms with E-state index in [1.165, 1.54) is 6.92 Å². The van der Waals surface area contributed by atoms with E-state index in [9.17, 15) is 4.79 Å². The summed E-state index contributed by atoms with van der Waals surface area (Å²) in [5.41, 5.74) is 10.2. The van der Waals surface area contributed by atoms with Gasteiger partial charge in [-0.2, -0.15) is 0 Å². The number of carbonyl (C=O) groups excluding carboxylic acids is 1. The summed E-state index contributed by atoms with van der Waals surface area (Å²) >= 11 is 0. The number of anilines is 1. The van der Waals surface area contributed by atoms with Crippen molar-refractivity contribution in [2.45, 2.75) is 20.4 Å². The van der Waals surface area contributed by atoms with E-state index in [4.69, 9.17) is 10.5 Å². The molecule has 0 spiro atoms. The fourth-order valence-corrected chi connectivity index (χ4v) is 2.91. The molecule has 3 rings (SSSR count). The molecular weight excluding hydrogens is 328 g/mol. The monoisotopic (exact) mass is 350 g/mol. The summed E-state index contributed by atoms with van der Waals surface area (Å²) in [6.45, 7) is 3.78. The molecule has 26 heavy (non-hydrogen) atoms. The van der Waals surface area contributed by atoms with Crippen LogP contribution in [0.3, 0.4) is 0 Å². The molecule has 0 atom stereocenters. The van der Waals surface area contributed by atoms with Gasteiger partial charge in [0, 0.05) is 37.2 Å².